The van der Waals surface area contributed by atoms with Gasteiger partial charge >= 0.3 is 0 Å². The Morgan fingerprint density at radius 1 is 1.50 bits per heavy atom. The first-order valence-electron chi connectivity index (χ1n) is 7.07. The molecule has 2 N–H and O–H groups in total. The molecule has 4 nitrogen and oxygen atoms in total. The van der Waals surface area contributed by atoms with Gasteiger partial charge < -0.3 is 15.0 Å². The highest BCUT2D eigenvalue weighted by molar-refractivity contribution is 9.10. The van der Waals surface area contributed by atoms with Crippen molar-refractivity contribution in [3.05, 3.63) is 51.5 Å². The highest BCUT2D eigenvalue weighted by atomic mass is 79.9. The third kappa shape index (κ3) is 2.63. The van der Waals surface area contributed by atoms with Crippen molar-refractivity contribution >= 4 is 21.8 Å². The van der Waals surface area contributed by atoms with E-state index in [0.717, 1.165) is 11.3 Å². The van der Waals surface area contributed by atoms with Gasteiger partial charge in [-0.1, -0.05) is 13.8 Å². The van der Waals surface area contributed by atoms with Gasteiger partial charge in [0.1, 0.15) is 18.2 Å². The Hall–Kier alpha value is -1.82. The van der Waals surface area contributed by atoms with Crippen molar-refractivity contribution in [2.24, 2.45) is 0 Å². The molecule has 3 rings (SSSR count). The van der Waals surface area contributed by atoms with Gasteiger partial charge in [0.2, 0.25) is 0 Å². The quantitative estimate of drug-likeness (QED) is 0.865. The van der Waals surface area contributed by atoms with Crippen LogP contribution in [-0.4, -0.2) is 17.5 Å². The number of H-pyrrole nitrogens is 1. The number of nitrogens with one attached hydrogen (secondary N) is 2. The number of carbonyl (C=O) groups excluding carboxylic acids is 1. The van der Waals surface area contributed by atoms with Crippen LogP contribution in [0.5, 0.6) is 5.75 Å². The average molecular weight is 367 g/mol. The lowest BCUT2D eigenvalue weighted by molar-refractivity contribution is 0.0929. The van der Waals surface area contributed by atoms with Crippen LogP contribution in [0.25, 0.3) is 0 Å². The first-order valence-corrected chi connectivity index (χ1v) is 7.86. The van der Waals surface area contributed by atoms with E-state index < -0.39 is 0 Å². The molecule has 1 aromatic carbocycles. The summed E-state index contributed by atoms with van der Waals surface area (Å²) in [5.41, 5.74) is 2.31. The molecule has 1 amide bonds. The summed E-state index contributed by atoms with van der Waals surface area (Å²) < 4.78 is 19.3. The van der Waals surface area contributed by atoms with Crippen molar-refractivity contribution in [3.63, 3.8) is 0 Å². The Balaban J connectivity index is 1.83. The van der Waals surface area contributed by atoms with Gasteiger partial charge in [0.15, 0.2) is 0 Å². The summed E-state index contributed by atoms with van der Waals surface area (Å²) in [6.07, 6.45) is 1.76. The van der Waals surface area contributed by atoms with Crippen LogP contribution >= 0.6 is 15.9 Å². The normalized spacial score (nSPS) is 16.5. The van der Waals surface area contributed by atoms with Gasteiger partial charge in [0.25, 0.3) is 5.91 Å². The van der Waals surface area contributed by atoms with Crippen molar-refractivity contribution in [2.45, 2.75) is 25.8 Å². The van der Waals surface area contributed by atoms with E-state index in [1.54, 1.807) is 18.3 Å². The van der Waals surface area contributed by atoms with Crippen molar-refractivity contribution < 1.29 is 13.9 Å². The zero-order valence-corrected chi connectivity index (χ0v) is 13.8. The number of amides is 1. The molecule has 2 aromatic rings. The standard InChI is InChI=1S/C16H16BrFN2O2/c1-8(2)15-9(3-4-19-15)16(21)20-13-7-22-14-6-12(18)11(17)5-10(13)14/h3-6,8,13,19H,7H2,1-2H3,(H,20,21)/t13-/m0/s1. The monoisotopic (exact) mass is 366 g/mol. The topological polar surface area (TPSA) is 54.1 Å². The maximum Gasteiger partial charge on any atom is 0.253 e. The Bertz CT molecular complexity index is 727. The van der Waals surface area contributed by atoms with E-state index in [9.17, 15) is 9.18 Å². The molecule has 116 valence electrons. The minimum absolute atomic E-state index is 0.160. The first kappa shape index (κ1) is 15.1. The van der Waals surface area contributed by atoms with Crippen molar-refractivity contribution in [3.8, 4) is 5.75 Å². The van der Waals surface area contributed by atoms with Crippen molar-refractivity contribution in [1.29, 1.82) is 0 Å². The van der Waals surface area contributed by atoms with E-state index in [-0.39, 0.29) is 23.7 Å². The molecular formula is C16H16BrFN2O2. The molecule has 6 heteroatoms. The molecule has 1 atom stereocenters. The van der Waals surface area contributed by atoms with E-state index in [4.69, 9.17) is 4.74 Å². The summed E-state index contributed by atoms with van der Waals surface area (Å²) in [5, 5.41) is 2.95. The minimum Gasteiger partial charge on any atom is -0.491 e. The number of ether oxygens (including phenoxy) is 1. The molecule has 0 unspecified atom stereocenters. The summed E-state index contributed by atoms with van der Waals surface area (Å²) in [5.74, 6) is 0.167. The lowest BCUT2D eigenvalue weighted by Gasteiger charge is -2.13. The van der Waals surface area contributed by atoms with Crippen molar-refractivity contribution in [1.82, 2.24) is 10.3 Å². The van der Waals surface area contributed by atoms with Gasteiger partial charge in [0, 0.05) is 23.5 Å². The van der Waals surface area contributed by atoms with E-state index in [0.29, 0.717) is 22.4 Å². The molecule has 0 spiro atoms. The molecule has 1 aliphatic rings. The molecule has 0 radical (unpaired) electrons. The van der Waals surface area contributed by atoms with Crippen LogP contribution in [0, 0.1) is 5.82 Å². The van der Waals surface area contributed by atoms with E-state index >= 15 is 0 Å². The second-order valence-electron chi connectivity index (χ2n) is 5.60. The summed E-state index contributed by atoms with van der Waals surface area (Å²) in [7, 11) is 0. The predicted octanol–water partition coefficient (Wildman–Crippen LogP) is 3.90. The second kappa shape index (κ2) is 5.76. The summed E-state index contributed by atoms with van der Waals surface area (Å²) >= 11 is 3.16. The smallest absolute Gasteiger partial charge is 0.253 e. The third-order valence-corrected chi connectivity index (χ3v) is 4.35. The van der Waals surface area contributed by atoms with Crippen LogP contribution in [0.3, 0.4) is 0 Å². The molecule has 0 saturated heterocycles. The zero-order chi connectivity index (χ0) is 15.9. The number of halogens is 2. The average Bonchev–Trinajstić information content (AvgIpc) is 3.08. The zero-order valence-electron chi connectivity index (χ0n) is 12.2. The Kier molecular flexibility index (Phi) is 3.95. The maximum atomic E-state index is 13.5. The van der Waals surface area contributed by atoms with Crippen LogP contribution in [0.2, 0.25) is 0 Å². The molecule has 0 bridgehead atoms. The minimum atomic E-state index is -0.376. The highest BCUT2D eigenvalue weighted by Gasteiger charge is 2.28. The Morgan fingerprint density at radius 3 is 3.00 bits per heavy atom. The first-order chi connectivity index (χ1) is 10.5. The third-order valence-electron chi connectivity index (χ3n) is 3.74. The van der Waals surface area contributed by atoms with Gasteiger partial charge in [-0.15, -0.1) is 0 Å². The number of carbonyl (C=O) groups is 1. The number of hydrogen-bond donors (Lipinski definition) is 2. The Labute approximate surface area is 136 Å². The fraction of sp³-hybridized carbons (Fsp3) is 0.312. The van der Waals surface area contributed by atoms with E-state index in [1.165, 1.54) is 6.07 Å². The predicted molar refractivity (Wildman–Crippen MR) is 84.7 cm³/mol. The van der Waals surface area contributed by atoms with E-state index in [1.807, 2.05) is 13.8 Å². The van der Waals surface area contributed by atoms with Gasteiger partial charge in [-0.05, 0) is 34.0 Å². The van der Waals surface area contributed by atoms with Crippen LogP contribution < -0.4 is 10.1 Å². The fourth-order valence-corrected chi connectivity index (χ4v) is 2.98. The Morgan fingerprint density at radius 2 is 2.27 bits per heavy atom. The second-order valence-corrected chi connectivity index (χ2v) is 6.46. The van der Waals surface area contributed by atoms with Crippen LogP contribution in [0.15, 0.2) is 28.9 Å². The molecule has 0 fully saturated rings. The highest BCUT2D eigenvalue weighted by Crippen LogP contribution is 2.36. The summed E-state index contributed by atoms with van der Waals surface area (Å²) in [6.45, 7) is 4.35. The van der Waals surface area contributed by atoms with Crippen LogP contribution in [0.1, 0.15) is 47.4 Å². The molecule has 2 heterocycles. The lowest BCUT2D eigenvalue weighted by atomic mass is 10.0. The fourth-order valence-electron chi connectivity index (χ4n) is 2.62. The number of hydrogen-bond acceptors (Lipinski definition) is 2. The number of rotatable bonds is 3. The van der Waals surface area contributed by atoms with E-state index in [2.05, 4.69) is 26.2 Å². The van der Waals surface area contributed by atoms with Crippen molar-refractivity contribution in [2.75, 3.05) is 6.61 Å². The number of aromatic nitrogens is 1. The van der Waals surface area contributed by atoms with Crippen LogP contribution in [0.4, 0.5) is 4.39 Å². The maximum absolute atomic E-state index is 13.5. The summed E-state index contributed by atoms with van der Waals surface area (Å²) in [4.78, 5) is 15.6. The number of fused-ring (bicyclic) bond motifs is 1. The number of aromatic amines is 1. The van der Waals surface area contributed by atoms with Gasteiger partial charge in [-0.3, -0.25) is 4.79 Å². The largest absolute Gasteiger partial charge is 0.491 e. The number of benzene rings is 1. The molecule has 0 aliphatic carbocycles. The molecule has 1 aromatic heterocycles. The van der Waals surface area contributed by atoms with Gasteiger partial charge in [0.05, 0.1) is 16.1 Å². The molecule has 1 aliphatic heterocycles. The lowest BCUT2D eigenvalue weighted by Crippen LogP contribution is -2.30. The summed E-state index contributed by atoms with van der Waals surface area (Å²) in [6, 6.07) is 4.47. The molecular weight excluding hydrogens is 351 g/mol. The van der Waals surface area contributed by atoms with Gasteiger partial charge in [-0.25, -0.2) is 4.39 Å². The van der Waals surface area contributed by atoms with Crippen LogP contribution in [-0.2, 0) is 0 Å². The van der Waals surface area contributed by atoms with Gasteiger partial charge in [-0.2, -0.15) is 0 Å². The molecule has 0 saturated carbocycles. The molecule has 22 heavy (non-hydrogen) atoms. The SMILES string of the molecule is CC(C)c1[nH]ccc1C(=O)N[C@H]1COc2cc(F)c(Br)cc21.